The highest BCUT2D eigenvalue weighted by Crippen LogP contribution is 2.04. The highest BCUT2D eigenvalue weighted by molar-refractivity contribution is 5.87. The maximum atomic E-state index is 11.9. The predicted octanol–water partition coefficient (Wildman–Crippen LogP) is 1.48. The molecule has 0 saturated heterocycles. The number of methoxy groups -OCH3 is 1. The first-order chi connectivity index (χ1) is 13.0. The van der Waals surface area contributed by atoms with Crippen molar-refractivity contribution in [2.75, 3.05) is 13.7 Å². The molecule has 150 valence electrons. The van der Waals surface area contributed by atoms with Crippen LogP contribution >= 0.6 is 0 Å². The highest BCUT2D eigenvalue weighted by atomic mass is 16.5. The Kier molecular flexibility index (Phi) is 10.5. The lowest BCUT2D eigenvalue weighted by molar-refractivity contribution is -0.145. The molecule has 0 radical (unpaired) electrons. The van der Waals surface area contributed by atoms with Gasteiger partial charge in [0.2, 0.25) is 5.91 Å². The number of unbranched alkanes of at least 4 members (excludes halogenated alkanes) is 1. The monoisotopic (exact) mass is 379 g/mol. The van der Waals surface area contributed by atoms with E-state index < -0.39 is 24.1 Å². The number of esters is 1. The zero-order chi connectivity index (χ0) is 20.1. The van der Waals surface area contributed by atoms with Crippen LogP contribution in [0.2, 0.25) is 0 Å². The van der Waals surface area contributed by atoms with E-state index in [9.17, 15) is 14.4 Å². The number of nitrogens with two attached hydrogens (primary N) is 1. The topological polar surface area (TPSA) is 120 Å². The molecule has 4 N–H and O–H groups in total. The molecule has 0 aliphatic heterocycles. The number of carbonyl (C=O) groups excluding carboxylic acids is 3. The van der Waals surface area contributed by atoms with Crippen molar-refractivity contribution < 1.29 is 23.9 Å². The van der Waals surface area contributed by atoms with Crippen molar-refractivity contribution in [3.05, 3.63) is 35.9 Å². The summed E-state index contributed by atoms with van der Waals surface area (Å²) in [4.78, 5) is 35.3. The standard InChI is InChI=1S/C19H29N3O5/c1-3-15(20)17(23)22-16(18(24)26-2)11-7-8-12-21-19(25)27-13-14-9-5-4-6-10-14/h4-6,9-10,15-16H,3,7-8,11-13,20H2,1-2H3,(H,21,25)(H,22,23). The molecule has 0 fully saturated rings. The van der Waals surface area contributed by atoms with E-state index in [1.807, 2.05) is 30.3 Å². The van der Waals surface area contributed by atoms with Crippen LogP contribution in [-0.4, -0.2) is 43.7 Å². The molecule has 1 aromatic rings. The van der Waals surface area contributed by atoms with Gasteiger partial charge in [-0.1, -0.05) is 37.3 Å². The van der Waals surface area contributed by atoms with Gasteiger partial charge in [-0.15, -0.1) is 0 Å². The summed E-state index contributed by atoms with van der Waals surface area (Å²) in [5.41, 5.74) is 6.57. The Balaban J connectivity index is 2.25. The minimum atomic E-state index is -0.745. The molecule has 0 bridgehead atoms. The first-order valence-corrected chi connectivity index (χ1v) is 9.06. The lowest BCUT2D eigenvalue weighted by Gasteiger charge is -2.18. The fourth-order valence-corrected chi connectivity index (χ4v) is 2.29. The van der Waals surface area contributed by atoms with Gasteiger partial charge in [0.05, 0.1) is 13.2 Å². The van der Waals surface area contributed by atoms with Gasteiger partial charge in [0.15, 0.2) is 0 Å². The Bertz CT molecular complexity index is 594. The maximum Gasteiger partial charge on any atom is 0.407 e. The smallest absolute Gasteiger partial charge is 0.407 e. The fraction of sp³-hybridized carbons (Fsp3) is 0.526. The Morgan fingerprint density at radius 1 is 1.15 bits per heavy atom. The van der Waals surface area contributed by atoms with Crippen LogP contribution in [0.3, 0.4) is 0 Å². The summed E-state index contributed by atoms with van der Waals surface area (Å²) in [6.45, 7) is 2.41. The summed E-state index contributed by atoms with van der Waals surface area (Å²) in [7, 11) is 1.27. The SMILES string of the molecule is CCC(N)C(=O)NC(CCCCNC(=O)OCc1ccccc1)C(=O)OC. The van der Waals surface area contributed by atoms with Gasteiger partial charge >= 0.3 is 12.1 Å². The molecule has 27 heavy (non-hydrogen) atoms. The number of hydrogen-bond acceptors (Lipinski definition) is 6. The molecule has 1 aromatic carbocycles. The van der Waals surface area contributed by atoms with E-state index in [1.165, 1.54) is 7.11 Å². The third-order valence-corrected chi connectivity index (χ3v) is 3.98. The second-order valence-corrected chi connectivity index (χ2v) is 6.08. The molecule has 0 heterocycles. The van der Waals surface area contributed by atoms with E-state index in [2.05, 4.69) is 10.6 Å². The molecule has 2 atom stereocenters. The quantitative estimate of drug-likeness (QED) is 0.396. The molecule has 8 heteroatoms. The van der Waals surface area contributed by atoms with Crippen molar-refractivity contribution in [3.8, 4) is 0 Å². The maximum absolute atomic E-state index is 11.9. The van der Waals surface area contributed by atoms with Gasteiger partial charge in [0, 0.05) is 6.54 Å². The molecule has 1 rings (SSSR count). The molecule has 2 unspecified atom stereocenters. The van der Waals surface area contributed by atoms with Gasteiger partial charge in [-0.05, 0) is 31.2 Å². The first kappa shape index (κ1) is 22.4. The molecule has 0 saturated carbocycles. The molecular weight excluding hydrogens is 350 g/mol. The lowest BCUT2D eigenvalue weighted by Crippen LogP contribution is -2.48. The van der Waals surface area contributed by atoms with E-state index in [4.69, 9.17) is 15.2 Å². The average Bonchev–Trinajstić information content (AvgIpc) is 2.70. The zero-order valence-electron chi connectivity index (χ0n) is 15.9. The van der Waals surface area contributed by atoms with Gasteiger partial charge in [-0.2, -0.15) is 0 Å². The largest absolute Gasteiger partial charge is 0.467 e. The van der Waals surface area contributed by atoms with Gasteiger partial charge in [-0.3, -0.25) is 4.79 Å². The van der Waals surface area contributed by atoms with Crippen LogP contribution in [0.5, 0.6) is 0 Å². The van der Waals surface area contributed by atoms with Crippen LogP contribution in [0.15, 0.2) is 30.3 Å². The van der Waals surface area contributed by atoms with Gasteiger partial charge < -0.3 is 25.8 Å². The molecule has 8 nitrogen and oxygen atoms in total. The summed E-state index contributed by atoms with van der Waals surface area (Å²) in [5.74, 6) is -0.891. The van der Waals surface area contributed by atoms with Crippen molar-refractivity contribution >= 4 is 18.0 Å². The summed E-state index contributed by atoms with van der Waals surface area (Å²) in [6, 6.07) is 7.99. The molecule has 0 aliphatic carbocycles. The lowest BCUT2D eigenvalue weighted by atomic mass is 10.1. The molecule has 0 aromatic heterocycles. The number of nitrogens with one attached hydrogen (secondary N) is 2. The minimum Gasteiger partial charge on any atom is -0.467 e. The minimum absolute atomic E-state index is 0.209. The second kappa shape index (κ2) is 12.7. The normalized spacial score (nSPS) is 12.6. The number of hydrogen-bond donors (Lipinski definition) is 3. The third-order valence-electron chi connectivity index (χ3n) is 3.98. The van der Waals surface area contributed by atoms with Crippen molar-refractivity contribution in [3.63, 3.8) is 0 Å². The second-order valence-electron chi connectivity index (χ2n) is 6.08. The van der Waals surface area contributed by atoms with Crippen LogP contribution in [-0.2, 0) is 25.7 Å². The number of carbonyl (C=O) groups is 3. The summed E-state index contributed by atoms with van der Waals surface area (Å²) in [5, 5.41) is 5.26. The molecular formula is C19H29N3O5. The zero-order valence-corrected chi connectivity index (χ0v) is 15.9. The van der Waals surface area contributed by atoms with Crippen molar-refractivity contribution in [2.45, 2.75) is 51.3 Å². The van der Waals surface area contributed by atoms with Crippen LogP contribution in [0.25, 0.3) is 0 Å². The van der Waals surface area contributed by atoms with Crippen molar-refractivity contribution in [1.29, 1.82) is 0 Å². The van der Waals surface area contributed by atoms with Crippen LogP contribution < -0.4 is 16.4 Å². The van der Waals surface area contributed by atoms with E-state index >= 15 is 0 Å². The van der Waals surface area contributed by atoms with Crippen LogP contribution in [0, 0.1) is 0 Å². The van der Waals surface area contributed by atoms with Crippen LogP contribution in [0.1, 0.15) is 38.2 Å². The van der Waals surface area contributed by atoms with Crippen molar-refractivity contribution in [1.82, 2.24) is 10.6 Å². The summed E-state index contributed by atoms with van der Waals surface area (Å²) in [6.07, 6.45) is 1.62. The number of amides is 2. The summed E-state index contributed by atoms with van der Waals surface area (Å²) >= 11 is 0. The van der Waals surface area contributed by atoms with E-state index in [1.54, 1.807) is 6.92 Å². The number of benzene rings is 1. The Labute approximate surface area is 159 Å². The fourth-order valence-electron chi connectivity index (χ4n) is 2.29. The third kappa shape index (κ3) is 9.05. The van der Waals surface area contributed by atoms with Gasteiger partial charge in [0.1, 0.15) is 12.6 Å². The molecule has 2 amide bonds. The van der Waals surface area contributed by atoms with E-state index in [-0.39, 0.29) is 12.5 Å². The van der Waals surface area contributed by atoms with E-state index in [0.717, 1.165) is 5.56 Å². The van der Waals surface area contributed by atoms with Crippen LogP contribution in [0.4, 0.5) is 4.79 Å². The Hall–Kier alpha value is -2.61. The Morgan fingerprint density at radius 3 is 2.48 bits per heavy atom. The first-order valence-electron chi connectivity index (χ1n) is 9.06. The molecule has 0 aliphatic rings. The average molecular weight is 379 g/mol. The number of ether oxygens (including phenoxy) is 2. The molecule has 0 spiro atoms. The predicted molar refractivity (Wildman–Crippen MR) is 101 cm³/mol. The van der Waals surface area contributed by atoms with Crippen molar-refractivity contribution in [2.24, 2.45) is 5.73 Å². The number of rotatable bonds is 11. The Morgan fingerprint density at radius 2 is 1.85 bits per heavy atom. The highest BCUT2D eigenvalue weighted by Gasteiger charge is 2.23. The number of alkyl carbamates (subject to hydrolysis) is 1. The van der Waals surface area contributed by atoms with Gasteiger partial charge in [-0.25, -0.2) is 9.59 Å². The van der Waals surface area contributed by atoms with E-state index in [0.29, 0.717) is 32.2 Å². The summed E-state index contributed by atoms with van der Waals surface area (Å²) < 4.78 is 9.82. The van der Waals surface area contributed by atoms with Gasteiger partial charge in [0.25, 0.3) is 0 Å².